The molecule has 96 valence electrons. The van der Waals surface area contributed by atoms with Crippen molar-refractivity contribution in [2.75, 3.05) is 12.3 Å². The lowest BCUT2D eigenvalue weighted by molar-refractivity contribution is 0.237. The van der Waals surface area contributed by atoms with Gasteiger partial charge in [-0.25, -0.2) is 8.42 Å². The molecule has 0 spiro atoms. The number of sulfone groups is 1. The third kappa shape index (κ3) is 3.74. The minimum Gasteiger partial charge on any atom is -0.330 e. The first-order valence-corrected chi connectivity index (χ1v) is 8.10. The second-order valence-electron chi connectivity index (χ2n) is 5.24. The maximum atomic E-state index is 11.7. The molecule has 4 heteroatoms. The summed E-state index contributed by atoms with van der Waals surface area (Å²) < 4.78 is 23.5. The van der Waals surface area contributed by atoms with Crippen LogP contribution < -0.4 is 5.73 Å². The van der Waals surface area contributed by atoms with Gasteiger partial charge in [0.05, 0.1) is 11.0 Å². The zero-order valence-electron chi connectivity index (χ0n) is 10.5. The quantitative estimate of drug-likeness (QED) is 0.808. The minimum absolute atomic E-state index is 0.243. The van der Waals surface area contributed by atoms with Crippen LogP contribution in [-0.2, 0) is 9.84 Å². The molecule has 0 saturated heterocycles. The lowest BCUT2D eigenvalue weighted by Gasteiger charge is -2.30. The van der Waals surface area contributed by atoms with Gasteiger partial charge in [-0.05, 0) is 45.1 Å². The number of hydrogen-bond donors (Lipinski definition) is 1. The van der Waals surface area contributed by atoms with Crippen LogP contribution in [0.25, 0.3) is 0 Å². The normalized spacial score (nSPS) is 27.2. The van der Waals surface area contributed by atoms with E-state index in [4.69, 9.17) is 5.73 Å². The lowest BCUT2D eigenvalue weighted by atomic mass is 9.78. The Morgan fingerprint density at radius 3 is 2.25 bits per heavy atom. The third-order valence-electron chi connectivity index (χ3n) is 3.86. The van der Waals surface area contributed by atoms with Gasteiger partial charge in [0, 0.05) is 0 Å². The molecule has 1 rings (SSSR count). The standard InChI is InChI=1S/C12H25NO2S/c1-10(2)16(14,15)8-7-11-5-3-4-6-12(11)9-13/h10-12H,3-9,13H2,1-2H3. The molecule has 0 aliphatic heterocycles. The van der Waals surface area contributed by atoms with Crippen molar-refractivity contribution in [3.63, 3.8) is 0 Å². The predicted molar refractivity (Wildman–Crippen MR) is 68.0 cm³/mol. The second kappa shape index (κ2) is 6.01. The van der Waals surface area contributed by atoms with E-state index in [1.54, 1.807) is 13.8 Å². The Morgan fingerprint density at radius 2 is 1.75 bits per heavy atom. The smallest absolute Gasteiger partial charge is 0.152 e. The van der Waals surface area contributed by atoms with E-state index in [1.165, 1.54) is 19.3 Å². The number of rotatable bonds is 5. The van der Waals surface area contributed by atoms with Crippen LogP contribution in [-0.4, -0.2) is 26.0 Å². The highest BCUT2D eigenvalue weighted by Gasteiger charge is 2.26. The largest absolute Gasteiger partial charge is 0.330 e. The summed E-state index contributed by atoms with van der Waals surface area (Å²) >= 11 is 0. The van der Waals surface area contributed by atoms with E-state index in [0.29, 0.717) is 24.1 Å². The molecule has 2 atom stereocenters. The van der Waals surface area contributed by atoms with E-state index in [2.05, 4.69) is 0 Å². The molecular formula is C12H25NO2S. The van der Waals surface area contributed by atoms with Crippen molar-refractivity contribution in [2.45, 2.75) is 51.2 Å². The van der Waals surface area contributed by atoms with Gasteiger partial charge in [0.1, 0.15) is 0 Å². The van der Waals surface area contributed by atoms with Crippen molar-refractivity contribution in [1.82, 2.24) is 0 Å². The van der Waals surface area contributed by atoms with E-state index >= 15 is 0 Å². The molecule has 0 bridgehead atoms. The van der Waals surface area contributed by atoms with Crippen LogP contribution in [0.2, 0.25) is 0 Å². The Labute approximate surface area is 99.7 Å². The van der Waals surface area contributed by atoms with Gasteiger partial charge in [0.2, 0.25) is 0 Å². The predicted octanol–water partition coefficient (Wildman–Crippen LogP) is 1.96. The molecular weight excluding hydrogens is 222 g/mol. The fourth-order valence-electron chi connectivity index (χ4n) is 2.53. The SMILES string of the molecule is CC(C)S(=O)(=O)CCC1CCCCC1CN. The average Bonchev–Trinajstić information content (AvgIpc) is 2.26. The Kier molecular flexibility index (Phi) is 5.25. The first kappa shape index (κ1) is 14.0. The molecule has 16 heavy (non-hydrogen) atoms. The van der Waals surface area contributed by atoms with E-state index < -0.39 is 9.84 Å². The Morgan fingerprint density at radius 1 is 1.19 bits per heavy atom. The summed E-state index contributed by atoms with van der Waals surface area (Å²) in [6.45, 7) is 4.24. The summed E-state index contributed by atoms with van der Waals surface area (Å²) in [6, 6.07) is 0. The maximum Gasteiger partial charge on any atom is 0.152 e. The van der Waals surface area contributed by atoms with Crippen molar-refractivity contribution in [1.29, 1.82) is 0 Å². The third-order valence-corrected chi connectivity index (χ3v) is 6.10. The van der Waals surface area contributed by atoms with Crippen LogP contribution >= 0.6 is 0 Å². The highest BCUT2D eigenvalue weighted by Crippen LogP contribution is 2.32. The van der Waals surface area contributed by atoms with Gasteiger partial charge in [-0.15, -0.1) is 0 Å². The summed E-state index contributed by atoms with van der Waals surface area (Å²) in [5, 5.41) is -0.243. The van der Waals surface area contributed by atoms with Gasteiger partial charge in [0.15, 0.2) is 9.84 Å². The molecule has 1 saturated carbocycles. The average molecular weight is 247 g/mol. The molecule has 2 unspecified atom stereocenters. The van der Waals surface area contributed by atoms with E-state index in [9.17, 15) is 8.42 Å². The molecule has 1 fully saturated rings. The molecule has 0 radical (unpaired) electrons. The van der Waals surface area contributed by atoms with Gasteiger partial charge in [-0.1, -0.05) is 19.3 Å². The van der Waals surface area contributed by atoms with Gasteiger partial charge in [0.25, 0.3) is 0 Å². The van der Waals surface area contributed by atoms with Crippen LogP contribution in [0, 0.1) is 11.8 Å². The van der Waals surface area contributed by atoms with Crippen molar-refractivity contribution in [2.24, 2.45) is 17.6 Å². The van der Waals surface area contributed by atoms with E-state index in [-0.39, 0.29) is 5.25 Å². The molecule has 0 heterocycles. The first-order chi connectivity index (χ1) is 7.47. The van der Waals surface area contributed by atoms with Gasteiger partial charge < -0.3 is 5.73 Å². The van der Waals surface area contributed by atoms with Gasteiger partial charge in [-0.2, -0.15) is 0 Å². The summed E-state index contributed by atoms with van der Waals surface area (Å²) in [4.78, 5) is 0. The van der Waals surface area contributed by atoms with Crippen LogP contribution in [0.1, 0.15) is 46.0 Å². The molecule has 0 aromatic carbocycles. The zero-order chi connectivity index (χ0) is 12.2. The summed E-state index contributed by atoms with van der Waals surface area (Å²) in [5.41, 5.74) is 5.74. The summed E-state index contributed by atoms with van der Waals surface area (Å²) in [6.07, 6.45) is 5.65. The molecule has 1 aliphatic carbocycles. The van der Waals surface area contributed by atoms with Gasteiger partial charge >= 0.3 is 0 Å². The molecule has 3 nitrogen and oxygen atoms in total. The van der Waals surface area contributed by atoms with Crippen molar-refractivity contribution in [3.8, 4) is 0 Å². The minimum atomic E-state index is -2.87. The molecule has 2 N–H and O–H groups in total. The van der Waals surface area contributed by atoms with E-state index in [0.717, 1.165) is 12.8 Å². The zero-order valence-corrected chi connectivity index (χ0v) is 11.3. The monoisotopic (exact) mass is 247 g/mol. The molecule has 0 amide bonds. The fraction of sp³-hybridized carbons (Fsp3) is 1.00. The Bertz CT molecular complexity index is 298. The molecule has 0 aromatic heterocycles. The Balaban J connectivity index is 2.47. The van der Waals surface area contributed by atoms with Crippen molar-refractivity contribution < 1.29 is 8.42 Å². The fourth-order valence-corrected chi connectivity index (χ4v) is 3.63. The number of nitrogens with two attached hydrogens (primary N) is 1. The van der Waals surface area contributed by atoms with Crippen LogP contribution in [0.15, 0.2) is 0 Å². The second-order valence-corrected chi connectivity index (χ2v) is 7.92. The van der Waals surface area contributed by atoms with Gasteiger partial charge in [-0.3, -0.25) is 0 Å². The number of hydrogen-bond acceptors (Lipinski definition) is 3. The van der Waals surface area contributed by atoms with E-state index in [1.807, 2.05) is 0 Å². The Hall–Kier alpha value is -0.0900. The first-order valence-electron chi connectivity index (χ1n) is 6.39. The maximum absolute atomic E-state index is 11.7. The highest BCUT2D eigenvalue weighted by atomic mass is 32.2. The topological polar surface area (TPSA) is 60.2 Å². The highest BCUT2D eigenvalue weighted by molar-refractivity contribution is 7.91. The summed E-state index contributed by atoms with van der Waals surface area (Å²) in [5.74, 6) is 1.43. The summed E-state index contributed by atoms with van der Waals surface area (Å²) in [7, 11) is -2.87. The molecule has 0 aromatic rings. The molecule has 1 aliphatic rings. The van der Waals surface area contributed by atoms with Crippen LogP contribution in [0.3, 0.4) is 0 Å². The van der Waals surface area contributed by atoms with Crippen LogP contribution in [0.5, 0.6) is 0 Å². The lowest BCUT2D eigenvalue weighted by Crippen LogP contribution is -2.29. The van der Waals surface area contributed by atoms with Crippen molar-refractivity contribution >= 4 is 9.84 Å². The van der Waals surface area contributed by atoms with Crippen molar-refractivity contribution in [3.05, 3.63) is 0 Å². The van der Waals surface area contributed by atoms with Crippen LogP contribution in [0.4, 0.5) is 0 Å².